The fraction of sp³-hybridized carbons (Fsp3) is 0.478. The van der Waals surface area contributed by atoms with Crippen LogP contribution in [0.25, 0.3) is 0 Å². The smallest absolute Gasteiger partial charge is 0.258 e. The van der Waals surface area contributed by atoms with E-state index in [0.29, 0.717) is 10.6 Å². The van der Waals surface area contributed by atoms with Gasteiger partial charge in [0.25, 0.3) is 5.91 Å². The Bertz CT molecular complexity index is 877. The van der Waals surface area contributed by atoms with E-state index >= 15 is 0 Å². The van der Waals surface area contributed by atoms with E-state index in [4.69, 9.17) is 0 Å². The van der Waals surface area contributed by atoms with E-state index in [1.165, 1.54) is 11.3 Å². The lowest BCUT2D eigenvalue weighted by molar-refractivity contribution is -0.123. The van der Waals surface area contributed by atoms with Gasteiger partial charge in [-0.25, -0.2) is 0 Å². The van der Waals surface area contributed by atoms with E-state index in [1.54, 1.807) is 11.3 Å². The molecule has 0 atom stereocenters. The van der Waals surface area contributed by atoms with Gasteiger partial charge >= 0.3 is 0 Å². The molecule has 0 fully saturated rings. The van der Waals surface area contributed by atoms with Crippen molar-refractivity contribution in [2.24, 2.45) is 5.41 Å². The molecule has 0 saturated carbocycles. The quantitative estimate of drug-likeness (QED) is 0.638. The fourth-order valence-corrected chi connectivity index (χ4v) is 4.78. The maximum Gasteiger partial charge on any atom is 0.258 e. The highest BCUT2D eigenvalue weighted by Crippen LogP contribution is 2.38. The molecule has 0 saturated heterocycles. The topological polar surface area (TPSA) is 58.2 Å². The first-order valence-electron chi connectivity index (χ1n) is 10.2. The van der Waals surface area contributed by atoms with Gasteiger partial charge in [-0.05, 0) is 49.3 Å². The van der Waals surface area contributed by atoms with Crippen LogP contribution in [0.15, 0.2) is 24.3 Å². The van der Waals surface area contributed by atoms with Gasteiger partial charge in [-0.2, -0.15) is 0 Å². The molecule has 0 unspecified atom stereocenters. The summed E-state index contributed by atoms with van der Waals surface area (Å²) in [5.74, 6) is -0.184. The number of rotatable bonds is 4. The SMILES string of the molecule is CCc1ccccc1NC(=O)c1c(NC(=O)C(C)(C)C)sc2c1CCCCC2. The van der Waals surface area contributed by atoms with E-state index in [-0.39, 0.29) is 11.8 Å². The summed E-state index contributed by atoms with van der Waals surface area (Å²) >= 11 is 1.58. The molecule has 0 aliphatic heterocycles. The van der Waals surface area contributed by atoms with Gasteiger partial charge in [-0.15, -0.1) is 11.3 Å². The zero-order valence-corrected chi connectivity index (χ0v) is 18.1. The minimum absolute atomic E-state index is 0.0630. The van der Waals surface area contributed by atoms with Crippen LogP contribution in [0.3, 0.4) is 0 Å². The molecule has 5 heteroatoms. The molecular formula is C23H30N2O2S. The molecule has 3 rings (SSSR count). The number of fused-ring (bicyclic) bond motifs is 1. The highest BCUT2D eigenvalue weighted by molar-refractivity contribution is 7.17. The van der Waals surface area contributed by atoms with E-state index in [9.17, 15) is 9.59 Å². The number of amides is 2. The predicted molar refractivity (Wildman–Crippen MR) is 117 cm³/mol. The molecular weight excluding hydrogens is 368 g/mol. The Morgan fingerprint density at radius 3 is 2.46 bits per heavy atom. The summed E-state index contributed by atoms with van der Waals surface area (Å²) in [6.45, 7) is 7.74. The number of hydrogen-bond acceptors (Lipinski definition) is 3. The number of nitrogens with one attached hydrogen (secondary N) is 2. The lowest BCUT2D eigenvalue weighted by atomic mass is 9.95. The largest absolute Gasteiger partial charge is 0.322 e. The second kappa shape index (κ2) is 8.48. The van der Waals surface area contributed by atoms with Crippen molar-refractivity contribution >= 4 is 33.8 Å². The van der Waals surface area contributed by atoms with Crippen molar-refractivity contribution in [1.82, 2.24) is 0 Å². The van der Waals surface area contributed by atoms with Crippen LogP contribution < -0.4 is 10.6 Å². The Labute approximate surface area is 171 Å². The average Bonchev–Trinajstić information content (AvgIpc) is 2.82. The molecule has 1 heterocycles. The molecule has 1 aliphatic rings. The Morgan fingerprint density at radius 1 is 1.04 bits per heavy atom. The van der Waals surface area contributed by atoms with Gasteiger partial charge in [0.15, 0.2) is 0 Å². The fourth-order valence-electron chi connectivity index (χ4n) is 3.50. The minimum Gasteiger partial charge on any atom is -0.322 e. The highest BCUT2D eigenvalue weighted by atomic mass is 32.1. The van der Waals surface area contributed by atoms with Crippen LogP contribution in [-0.4, -0.2) is 11.8 Å². The van der Waals surface area contributed by atoms with Crippen LogP contribution in [0, 0.1) is 5.41 Å². The Kier molecular flexibility index (Phi) is 6.23. The standard InChI is InChI=1S/C23H30N2O2S/c1-5-15-11-9-10-13-17(15)24-20(26)19-16-12-7-6-8-14-18(16)28-21(19)25-22(27)23(2,3)4/h9-11,13H,5-8,12,14H2,1-4H3,(H,24,26)(H,25,27). The second-order valence-corrected chi connectivity index (χ2v) is 9.54. The van der Waals surface area contributed by atoms with Gasteiger partial charge in [0.05, 0.1) is 5.56 Å². The number of carbonyl (C=O) groups is 2. The van der Waals surface area contributed by atoms with Gasteiger partial charge in [-0.1, -0.05) is 52.3 Å². The van der Waals surface area contributed by atoms with E-state index in [1.807, 2.05) is 45.0 Å². The number of thiophene rings is 1. The molecule has 4 nitrogen and oxygen atoms in total. The summed E-state index contributed by atoms with van der Waals surface area (Å²) in [6.07, 6.45) is 6.14. The van der Waals surface area contributed by atoms with Crippen LogP contribution in [0.5, 0.6) is 0 Å². The number of para-hydroxylation sites is 1. The van der Waals surface area contributed by atoms with Crippen LogP contribution in [0.1, 0.15) is 73.3 Å². The Hall–Kier alpha value is -2.14. The zero-order chi connectivity index (χ0) is 20.3. The maximum atomic E-state index is 13.3. The van der Waals surface area contributed by atoms with E-state index < -0.39 is 5.41 Å². The van der Waals surface area contributed by atoms with Crippen LogP contribution in [0.4, 0.5) is 10.7 Å². The van der Waals surface area contributed by atoms with Gasteiger partial charge in [-0.3, -0.25) is 9.59 Å². The normalized spacial score (nSPS) is 14.1. The molecule has 150 valence electrons. The van der Waals surface area contributed by atoms with Gasteiger partial charge in [0.2, 0.25) is 5.91 Å². The maximum absolute atomic E-state index is 13.3. The van der Waals surface area contributed by atoms with Gasteiger partial charge in [0.1, 0.15) is 5.00 Å². The highest BCUT2D eigenvalue weighted by Gasteiger charge is 2.29. The van der Waals surface area contributed by atoms with Crippen molar-refractivity contribution in [3.05, 3.63) is 45.8 Å². The summed E-state index contributed by atoms with van der Waals surface area (Å²) in [5, 5.41) is 6.84. The van der Waals surface area contributed by atoms with E-state index in [2.05, 4.69) is 17.6 Å². The molecule has 1 aliphatic carbocycles. The molecule has 2 aromatic rings. The third-order valence-electron chi connectivity index (χ3n) is 5.20. The summed E-state index contributed by atoms with van der Waals surface area (Å²) in [6, 6.07) is 7.90. The van der Waals surface area contributed by atoms with Crippen molar-refractivity contribution in [2.45, 2.75) is 66.2 Å². The third-order valence-corrected chi connectivity index (χ3v) is 6.41. The second-order valence-electron chi connectivity index (χ2n) is 8.44. The molecule has 0 radical (unpaired) electrons. The van der Waals surface area contributed by atoms with E-state index in [0.717, 1.165) is 48.9 Å². The zero-order valence-electron chi connectivity index (χ0n) is 17.3. The molecule has 1 aromatic carbocycles. The lowest BCUT2D eigenvalue weighted by Gasteiger charge is -2.18. The number of aryl methyl sites for hydroxylation is 2. The Balaban J connectivity index is 1.98. The van der Waals surface area contributed by atoms with Crippen molar-refractivity contribution in [2.75, 3.05) is 10.6 Å². The number of benzene rings is 1. The predicted octanol–water partition coefficient (Wildman–Crippen LogP) is 5.82. The monoisotopic (exact) mass is 398 g/mol. The molecule has 0 bridgehead atoms. The minimum atomic E-state index is -0.510. The third kappa shape index (κ3) is 4.46. The van der Waals surface area contributed by atoms with Crippen molar-refractivity contribution in [1.29, 1.82) is 0 Å². The van der Waals surface area contributed by atoms with Crippen molar-refractivity contribution in [3.63, 3.8) is 0 Å². The molecule has 28 heavy (non-hydrogen) atoms. The first-order valence-corrected chi connectivity index (χ1v) is 11.0. The molecule has 2 N–H and O–H groups in total. The molecule has 0 spiro atoms. The van der Waals surface area contributed by atoms with Crippen molar-refractivity contribution in [3.8, 4) is 0 Å². The van der Waals surface area contributed by atoms with Gasteiger partial charge in [0, 0.05) is 16.0 Å². The summed E-state index contributed by atoms with van der Waals surface area (Å²) < 4.78 is 0. The first-order chi connectivity index (χ1) is 13.3. The summed E-state index contributed by atoms with van der Waals surface area (Å²) in [7, 11) is 0. The number of hydrogen-bond donors (Lipinski definition) is 2. The number of carbonyl (C=O) groups excluding carboxylic acids is 2. The van der Waals surface area contributed by atoms with Gasteiger partial charge < -0.3 is 10.6 Å². The average molecular weight is 399 g/mol. The summed E-state index contributed by atoms with van der Waals surface area (Å²) in [5.41, 5.74) is 3.22. The molecule has 2 amide bonds. The van der Waals surface area contributed by atoms with Crippen LogP contribution in [0.2, 0.25) is 0 Å². The lowest BCUT2D eigenvalue weighted by Crippen LogP contribution is -2.28. The number of anilines is 2. The first kappa shape index (κ1) is 20.6. The molecule has 1 aromatic heterocycles. The van der Waals surface area contributed by atoms with Crippen molar-refractivity contribution < 1.29 is 9.59 Å². The van der Waals surface area contributed by atoms with Crippen LogP contribution in [-0.2, 0) is 24.1 Å². The summed E-state index contributed by atoms with van der Waals surface area (Å²) in [4.78, 5) is 27.2. The van der Waals surface area contributed by atoms with Crippen LogP contribution >= 0.6 is 11.3 Å². The Morgan fingerprint density at radius 2 is 1.75 bits per heavy atom.